The van der Waals surface area contributed by atoms with Gasteiger partial charge in [0.2, 0.25) is 0 Å². The fraction of sp³-hybridized carbons (Fsp3) is 0.647. The summed E-state index contributed by atoms with van der Waals surface area (Å²) >= 11 is 0. The first kappa shape index (κ1) is 16.2. The Bertz CT molecular complexity index is 345. The van der Waals surface area contributed by atoms with Crippen molar-refractivity contribution in [3.8, 4) is 0 Å². The van der Waals surface area contributed by atoms with E-state index in [0.717, 1.165) is 32.7 Å². The van der Waals surface area contributed by atoms with E-state index in [4.69, 9.17) is 0 Å². The third kappa shape index (κ3) is 6.74. The third-order valence-electron chi connectivity index (χ3n) is 3.31. The summed E-state index contributed by atoms with van der Waals surface area (Å²) in [6, 6.07) is 9.00. The fourth-order valence-electron chi connectivity index (χ4n) is 2.05. The van der Waals surface area contributed by atoms with Crippen molar-refractivity contribution in [3.63, 3.8) is 0 Å². The molecule has 0 heterocycles. The summed E-state index contributed by atoms with van der Waals surface area (Å²) in [6.45, 7) is 16.5. The smallest absolute Gasteiger partial charge is 0.0233 e. The lowest BCUT2D eigenvalue weighted by atomic mass is 9.97. The predicted molar refractivity (Wildman–Crippen MR) is 84.2 cm³/mol. The van der Waals surface area contributed by atoms with Gasteiger partial charge in [-0.2, -0.15) is 0 Å². The first-order valence-electron chi connectivity index (χ1n) is 7.45. The van der Waals surface area contributed by atoms with Crippen molar-refractivity contribution < 1.29 is 0 Å². The Morgan fingerprint density at radius 1 is 0.947 bits per heavy atom. The van der Waals surface area contributed by atoms with Gasteiger partial charge in [0, 0.05) is 19.6 Å². The molecule has 0 saturated carbocycles. The molecule has 19 heavy (non-hydrogen) atoms. The molecule has 0 aliphatic carbocycles. The molecule has 1 aromatic rings. The fourth-order valence-corrected chi connectivity index (χ4v) is 2.05. The molecule has 0 amide bonds. The lowest BCUT2D eigenvalue weighted by Gasteiger charge is -2.19. The highest BCUT2D eigenvalue weighted by Gasteiger charge is 2.08. The molecule has 2 heteroatoms. The van der Waals surface area contributed by atoms with Gasteiger partial charge in [-0.25, -0.2) is 0 Å². The summed E-state index contributed by atoms with van der Waals surface area (Å²) in [5, 5.41) is 3.51. The van der Waals surface area contributed by atoms with Crippen LogP contribution in [0.2, 0.25) is 0 Å². The average molecular weight is 262 g/mol. The van der Waals surface area contributed by atoms with E-state index >= 15 is 0 Å². The van der Waals surface area contributed by atoms with Crippen molar-refractivity contribution in [2.24, 2.45) is 5.41 Å². The molecule has 0 aromatic heterocycles. The number of nitrogens with zero attached hydrogens (tertiary/aromatic N) is 1. The summed E-state index contributed by atoms with van der Waals surface area (Å²) in [7, 11) is 0. The van der Waals surface area contributed by atoms with Crippen molar-refractivity contribution in [1.29, 1.82) is 0 Å². The highest BCUT2D eigenvalue weighted by molar-refractivity contribution is 5.22. The molecule has 0 saturated heterocycles. The zero-order valence-electron chi connectivity index (χ0n) is 13.3. The second-order valence-corrected chi connectivity index (χ2v) is 6.44. The van der Waals surface area contributed by atoms with Crippen LogP contribution in [0.15, 0.2) is 24.3 Å². The van der Waals surface area contributed by atoms with Crippen molar-refractivity contribution in [2.45, 2.75) is 47.7 Å². The van der Waals surface area contributed by atoms with Crippen LogP contribution in [-0.2, 0) is 13.1 Å². The van der Waals surface area contributed by atoms with Gasteiger partial charge in [0.05, 0.1) is 0 Å². The highest BCUT2D eigenvalue weighted by Crippen LogP contribution is 2.11. The van der Waals surface area contributed by atoms with Gasteiger partial charge in [0.15, 0.2) is 0 Å². The van der Waals surface area contributed by atoms with Gasteiger partial charge in [-0.3, -0.25) is 4.90 Å². The topological polar surface area (TPSA) is 15.3 Å². The second-order valence-electron chi connectivity index (χ2n) is 6.44. The van der Waals surface area contributed by atoms with Gasteiger partial charge in [-0.15, -0.1) is 0 Å². The zero-order chi connectivity index (χ0) is 14.3. The molecule has 0 bridgehead atoms. The molecule has 0 atom stereocenters. The van der Waals surface area contributed by atoms with Gasteiger partial charge < -0.3 is 5.32 Å². The number of hydrogen-bond acceptors (Lipinski definition) is 2. The lowest BCUT2D eigenvalue weighted by molar-refractivity contribution is 0.296. The molecule has 2 nitrogen and oxygen atoms in total. The van der Waals surface area contributed by atoms with Crippen LogP contribution in [0.5, 0.6) is 0 Å². The summed E-state index contributed by atoms with van der Waals surface area (Å²) in [5.74, 6) is 0. The predicted octanol–water partition coefficient (Wildman–Crippen LogP) is 3.66. The van der Waals surface area contributed by atoms with Gasteiger partial charge in [-0.1, -0.05) is 58.9 Å². The highest BCUT2D eigenvalue weighted by atomic mass is 15.1. The van der Waals surface area contributed by atoms with Gasteiger partial charge >= 0.3 is 0 Å². The Morgan fingerprint density at radius 3 is 1.95 bits per heavy atom. The van der Waals surface area contributed by atoms with Gasteiger partial charge in [0.1, 0.15) is 0 Å². The SMILES string of the molecule is CCN(CC)Cc1ccc(CNCC(C)(C)C)cc1. The minimum Gasteiger partial charge on any atom is -0.312 e. The molecule has 108 valence electrons. The molecule has 0 radical (unpaired) electrons. The normalized spacial score (nSPS) is 12.1. The van der Waals surface area contributed by atoms with Gasteiger partial charge in [0.25, 0.3) is 0 Å². The van der Waals surface area contributed by atoms with Gasteiger partial charge in [-0.05, 0) is 29.6 Å². The molecule has 1 rings (SSSR count). The first-order chi connectivity index (χ1) is 8.94. The Balaban J connectivity index is 2.43. The molecule has 1 aromatic carbocycles. The van der Waals surface area contributed by atoms with Crippen LogP contribution >= 0.6 is 0 Å². The van der Waals surface area contributed by atoms with E-state index < -0.39 is 0 Å². The van der Waals surface area contributed by atoms with Crippen LogP contribution in [0, 0.1) is 5.41 Å². The van der Waals surface area contributed by atoms with E-state index in [-0.39, 0.29) is 0 Å². The minimum atomic E-state index is 0.350. The second kappa shape index (κ2) is 7.66. The van der Waals surface area contributed by atoms with Crippen molar-refractivity contribution in [1.82, 2.24) is 10.2 Å². The van der Waals surface area contributed by atoms with Crippen LogP contribution in [0.1, 0.15) is 45.7 Å². The largest absolute Gasteiger partial charge is 0.312 e. The summed E-state index contributed by atoms with van der Waals surface area (Å²) in [4.78, 5) is 2.44. The van der Waals surface area contributed by atoms with E-state index in [1.54, 1.807) is 0 Å². The number of hydrogen-bond donors (Lipinski definition) is 1. The van der Waals surface area contributed by atoms with Crippen molar-refractivity contribution in [3.05, 3.63) is 35.4 Å². The summed E-state index contributed by atoms with van der Waals surface area (Å²) < 4.78 is 0. The number of rotatable bonds is 7. The molecular weight excluding hydrogens is 232 g/mol. The maximum absolute atomic E-state index is 3.51. The first-order valence-corrected chi connectivity index (χ1v) is 7.45. The summed E-state index contributed by atoms with van der Waals surface area (Å²) in [6.07, 6.45) is 0. The minimum absolute atomic E-state index is 0.350. The van der Waals surface area contributed by atoms with Crippen LogP contribution in [-0.4, -0.2) is 24.5 Å². The molecule has 1 N–H and O–H groups in total. The van der Waals surface area contributed by atoms with E-state index in [1.807, 2.05) is 0 Å². The lowest BCUT2D eigenvalue weighted by Crippen LogP contribution is -2.26. The zero-order valence-corrected chi connectivity index (χ0v) is 13.3. The molecule has 0 unspecified atom stereocenters. The molecule has 0 spiro atoms. The van der Waals surface area contributed by atoms with E-state index in [9.17, 15) is 0 Å². The molecule has 0 fully saturated rings. The summed E-state index contributed by atoms with van der Waals surface area (Å²) in [5.41, 5.74) is 3.12. The Hall–Kier alpha value is -0.860. The quantitative estimate of drug-likeness (QED) is 0.806. The van der Waals surface area contributed by atoms with Crippen LogP contribution < -0.4 is 5.32 Å². The Morgan fingerprint density at radius 2 is 1.47 bits per heavy atom. The van der Waals surface area contributed by atoms with E-state index in [1.165, 1.54) is 11.1 Å². The van der Waals surface area contributed by atoms with E-state index in [0.29, 0.717) is 5.41 Å². The van der Waals surface area contributed by atoms with Crippen LogP contribution in [0.25, 0.3) is 0 Å². The Kier molecular flexibility index (Phi) is 6.53. The molecule has 0 aliphatic heterocycles. The van der Waals surface area contributed by atoms with Crippen molar-refractivity contribution in [2.75, 3.05) is 19.6 Å². The monoisotopic (exact) mass is 262 g/mol. The van der Waals surface area contributed by atoms with E-state index in [2.05, 4.69) is 69.1 Å². The number of nitrogens with one attached hydrogen (secondary N) is 1. The maximum atomic E-state index is 3.51. The Labute approximate surface area is 119 Å². The third-order valence-corrected chi connectivity index (χ3v) is 3.31. The average Bonchev–Trinajstić information content (AvgIpc) is 2.36. The number of benzene rings is 1. The standard InChI is InChI=1S/C17H30N2/c1-6-19(7-2)13-16-10-8-15(9-11-16)12-18-14-17(3,4)5/h8-11,18H,6-7,12-14H2,1-5H3. The van der Waals surface area contributed by atoms with Crippen molar-refractivity contribution >= 4 is 0 Å². The van der Waals surface area contributed by atoms with Crippen LogP contribution in [0.3, 0.4) is 0 Å². The molecular formula is C17H30N2. The maximum Gasteiger partial charge on any atom is 0.0233 e. The van der Waals surface area contributed by atoms with Crippen LogP contribution in [0.4, 0.5) is 0 Å². The molecule has 0 aliphatic rings.